The van der Waals surface area contributed by atoms with Gasteiger partial charge in [-0.25, -0.2) is 0 Å². The first-order valence-corrected chi connectivity index (χ1v) is 6.69. The van der Waals surface area contributed by atoms with Gasteiger partial charge in [-0.3, -0.25) is 9.59 Å². The van der Waals surface area contributed by atoms with E-state index in [4.69, 9.17) is 9.47 Å². The normalized spacial score (nSPS) is 31.7. The molecule has 2 rings (SSSR count). The van der Waals surface area contributed by atoms with Gasteiger partial charge < -0.3 is 19.5 Å². The Kier molecular flexibility index (Phi) is 4.10. The van der Waals surface area contributed by atoms with Crippen LogP contribution in [0.25, 0.3) is 0 Å². The molecule has 2 aliphatic heterocycles. The number of aliphatic carboxylic acids is 1. The second-order valence-corrected chi connectivity index (χ2v) is 5.56. The molecule has 0 aromatic carbocycles. The molecule has 0 aliphatic carbocycles. The number of amides is 1. The van der Waals surface area contributed by atoms with Crippen LogP contribution in [-0.4, -0.2) is 60.9 Å². The molecule has 0 aromatic rings. The smallest absolute Gasteiger partial charge is 0.311 e. The van der Waals surface area contributed by atoms with Gasteiger partial charge in [0.05, 0.1) is 25.2 Å². The third kappa shape index (κ3) is 2.60. The van der Waals surface area contributed by atoms with Crippen LogP contribution in [0, 0.1) is 11.3 Å². The molecule has 6 heteroatoms. The summed E-state index contributed by atoms with van der Waals surface area (Å²) in [5.74, 6) is -0.978. The van der Waals surface area contributed by atoms with E-state index in [1.807, 2.05) is 13.8 Å². The SMILES string of the molecule is CC(C)C1(C(=O)O)CCN(C(=O)C2COCCO2)C1. The summed E-state index contributed by atoms with van der Waals surface area (Å²) < 4.78 is 10.6. The summed E-state index contributed by atoms with van der Waals surface area (Å²) in [7, 11) is 0. The minimum absolute atomic E-state index is 0.00803. The van der Waals surface area contributed by atoms with Crippen LogP contribution in [0.2, 0.25) is 0 Å². The van der Waals surface area contributed by atoms with Gasteiger partial charge in [-0.15, -0.1) is 0 Å². The number of rotatable bonds is 3. The molecule has 2 fully saturated rings. The fourth-order valence-electron chi connectivity index (χ4n) is 2.75. The van der Waals surface area contributed by atoms with Gasteiger partial charge in [0.25, 0.3) is 5.91 Å². The molecule has 108 valence electrons. The van der Waals surface area contributed by atoms with Crippen molar-refractivity contribution in [2.75, 3.05) is 32.9 Å². The van der Waals surface area contributed by atoms with Crippen molar-refractivity contribution in [2.45, 2.75) is 26.4 Å². The molecule has 0 bridgehead atoms. The Morgan fingerprint density at radius 2 is 2.11 bits per heavy atom. The summed E-state index contributed by atoms with van der Waals surface area (Å²) in [5, 5.41) is 9.45. The zero-order valence-corrected chi connectivity index (χ0v) is 11.4. The van der Waals surface area contributed by atoms with Crippen molar-refractivity contribution in [2.24, 2.45) is 11.3 Å². The van der Waals surface area contributed by atoms with Crippen LogP contribution < -0.4 is 0 Å². The molecule has 0 saturated carbocycles. The lowest BCUT2D eigenvalue weighted by Crippen LogP contribution is -2.46. The van der Waals surface area contributed by atoms with Crippen molar-refractivity contribution in [1.29, 1.82) is 0 Å². The third-order valence-corrected chi connectivity index (χ3v) is 4.23. The van der Waals surface area contributed by atoms with Gasteiger partial charge in [0, 0.05) is 13.1 Å². The van der Waals surface area contributed by atoms with E-state index in [1.165, 1.54) is 0 Å². The molecule has 0 radical (unpaired) electrons. The third-order valence-electron chi connectivity index (χ3n) is 4.23. The number of carbonyl (C=O) groups excluding carboxylic acids is 1. The number of carbonyl (C=O) groups is 2. The largest absolute Gasteiger partial charge is 0.481 e. The second-order valence-electron chi connectivity index (χ2n) is 5.56. The number of nitrogens with zero attached hydrogens (tertiary/aromatic N) is 1. The van der Waals surface area contributed by atoms with Crippen LogP contribution in [0.5, 0.6) is 0 Å². The van der Waals surface area contributed by atoms with Gasteiger partial charge in [0.15, 0.2) is 6.10 Å². The van der Waals surface area contributed by atoms with E-state index in [9.17, 15) is 14.7 Å². The van der Waals surface area contributed by atoms with E-state index >= 15 is 0 Å². The molecular formula is C13H21NO5. The molecule has 0 aromatic heterocycles. The molecule has 2 aliphatic rings. The number of hydrogen-bond acceptors (Lipinski definition) is 4. The maximum atomic E-state index is 12.3. The highest BCUT2D eigenvalue weighted by atomic mass is 16.6. The Hall–Kier alpha value is -1.14. The number of carboxylic acid groups (broad SMARTS) is 1. The van der Waals surface area contributed by atoms with Crippen molar-refractivity contribution < 1.29 is 24.2 Å². The molecule has 6 nitrogen and oxygen atoms in total. The highest BCUT2D eigenvalue weighted by Gasteiger charge is 2.49. The summed E-state index contributed by atoms with van der Waals surface area (Å²) in [5.41, 5.74) is -0.828. The highest BCUT2D eigenvalue weighted by molar-refractivity contribution is 5.84. The Labute approximate surface area is 112 Å². The molecule has 0 spiro atoms. The lowest BCUT2D eigenvalue weighted by molar-refractivity contribution is -0.159. The van der Waals surface area contributed by atoms with Crippen LogP contribution in [0.15, 0.2) is 0 Å². The quantitative estimate of drug-likeness (QED) is 0.802. The van der Waals surface area contributed by atoms with E-state index in [1.54, 1.807) is 4.90 Å². The van der Waals surface area contributed by atoms with E-state index in [0.717, 1.165) is 0 Å². The van der Waals surface area contributed by atoms with Gasteiger partial charge in [0.1, 0.15) is 0 Å². The van der Waals surface area contributed by atoms with Crippen molar-refractivity contribution in [3.8, 4) is 0 Å². The summed E-state index contributed by atoms with van der Waals surface area (Å²) in [4.78, 5) is 25.4. The fourth-order valence-corrected chi connectivity index (χ4v) is 2.75. The first kappa shape index (κ1) is 14.3. The molecule has 2 saturated heterocycles. The average molecular weight is 271 g/mol. The van der Waals surface area contributed by atoms with Crippen LogP contribution in [0.4, 0.5) is 0 Å². The standard InChI is InChI=1S/C13H21NO5/c1-9(2)13(12(16)17)3-4-14(8-13)11(15)10-7-18-5-6-19-10/h9-10H,3-8H2,1-2H3,(H,16,17). The molecule has 1 N–H and O–H groups in total. The van der Waals surface area contributed by atoms with Gasteiger partial charge in [-0.1, -0.05) is 13.8 Å². The highest BCUT2D eigenvalue weighted by Crippen LogP contribution is 2.38. The van der Waals surface area contributed by atoms with Crippen LogP contribution >= 0.6 is 0 Å². The number of carboxylic acids is 1. The van der Waals surface area contributed by atoms with E-state index in [-0.39, 0.29) is 25.0 Å². The number of hydrogen-bond donors (Lipinski definition) is 1. The molecular weight excluding hydrogens is 250 g/mol. The zero-order valence-electron chi connectivity index (χ0n) is 11.4. The zero-order chi connectivity index (χ0) is 14.0. The molecule has 19 heavy (non-hydrogen) atoms. The molecule has 2 atom stereocenters. The van der Waals surface area contributed by atoms with Crippen LogP contribution in [-0.2, 0) is 19.1 Å². The average Bonchev–Trinajstić information content (AvgIpc) is 2.85. The Balaban J connectivity index is 2.04. The predicted molar refractivity (Wildman–Crippen MR) is 66.7 cm³/mol. The maximum absolute atomic E-state index is 12.3. The van der Waals surface area contributed by atoms with E-state index < -0.39 is 17.5 Å². The first-order valence-electron chi connectivity index (χ1n) is 6.69. The van der Waals surface area contributed by atoms with E-state index in [2.05, 4.69) is 0 Å². The van der Waals surface area contributed by atoms with Gasteiger partial charge in [0.2, 0.25) is 0 Å². The summed E-state index contributed by atoms with van der Waals surface area (Å²) in [6.07, 6.45) is -0.0789. The first-order chi connectivity index (χ1) is 8.97. The fraction of sp³-hybridized carbons (Fsp3) is 0.846. The monoisotopic (exact) mass is 271 g/mol. The number of likely N-dealkylation sites (tertiary alicyclic amines) is 1. The van der Waals surface area contributed by atoms with Gasteiger partial charge in [-0.05, 0) is 12.3 Å². The Morgan fingerprint density at radius 1 is 1.37 bits per heavy atom. The van der Waals surface area contributed by atoms with Gasteiger partial charge >= 0.3 is 5.97 Å². The minimum atomic E-state index is -0.828. The summed E-state index contributed by atoms with van der Waals surface area (Å²) in [6.45, 7) is 5.71. The van der Waals surface area contributed by atoms with Crippen molar-refractivity contribution >= 4 is 11.9 Å². The van der Waals surface area contributed by atoms with Gasteiger partial charge in [-0.2, -0.15) is 0 Å². The predicted octanol–water partition coefficient (Wildman–Crippen LogP) is 0.361. The van der Waals surface area contributed by atoms with E-state index in [0.29, 0.717) is 26.2 Å². The molecule has 2 unspecified atom stereocenters. The maximum Gasteiger partial charge on any atom is 0.311 e. The van der Waals surface area contributed by atoms with Crippen molar-refractivity contribution in [3.63, 3.8) is 0 Å². The lowest BCUT2D eigenvalue weighted by Gasteiger charge is -2.30. The van der Waals surface area contributed by atoms with Crippen molar-refractivity contribution in [1.82, 2.24) is 4.90 Å². The Bertz CT molecular complexity index is 364. The van der Waals surface area contributed by atoms with Crippen LogP contribution in [0.1, 0.15) is 20.3 Å². The Morgan fingerprint density at radius 3 is 2.58 bits per heavy atom. The lowest BCUT2D eigenvalue weighted by atomic mass is 9.76. The second kappa shape index (κ2) is 5.46. The molecule has 2 heterocycles. The summed E-state index contributed by atoms with van der Waals surface area (Å²) >= 11 is 0. The van der Waals surface area contributed by atoms with Crippen LogP contribution in [0.3, 0.4) is 0 Å². The van der Waals surface area contributed by atoms with Crippen molar-refractivity contribution in [3.05, 3.63) is 0 Å². The summed E-state index contributed by atoms with van der Waals surface area (Å²) in [6, 6.07) is 0. The topological polar surface area (TPSA) is 76.1 Å². The number of ether oxygens (including phenoxy) is 2. The molecule has 1 amide bonds. The minimum Gasteiger partial charge on any atom is -0.481 e.